The molecule has 142 valence electrons. The van der Waals surface area contributed by atoms with E-state index < -0.39 is 11.7 Å². The minimum atomic E-state index is -4.38. The van der Waals surface area contributed by atoms with Crippen LogP contribution in [0, 0.1) is 11.8 Å². The molecule has 2 aromatic heterocycles. The molecular weight excluding hydrogens is 355 g/mol. The van der Waals surface area contributed by atoms with E-state index in [0.717, 1.165) is 30.7 Å². The van der Waals surface area contributed by atoms with Crippen LogP contribution in [0.4, 0.5) is 24.8 Å². The van der Waals surface area contributed by atoms with Gasteiger partial charge >= 0.3 is 6.18 Å². The van der Waals surface area contributed by atoms with Crippen molar-refractivity contribution in [3.8, 4) is 0 Å². The Bertz CT molecular complexity index is 837. The summed E-state index contributed by atoms with van der Waals surface area (Å²) in [6, 6.07) is 4.54. The van der Waals surface area contributed by atoms with E-state index in [-0.39, 0.29) is 5.82 Å². The van der Waals surface area contributed by atoms with Gasteiger partial charge in [-0.3, -0.25) is 0 Å². The maximum Gasteiger partial charge on any atom is 0.419 e. The van der Waals surface area contributed by atoms with Gasteiger partial charge in [0.05, 0.1) is 5.56 Å². The Labute approximate surface area is 155 Å². The van der Waals surface area contributed by atoms with Crippen LogP contribution < -0.4 is 9.80 Å². The molecule has 2 saturated heterocycles. The third-order valence-electron chi connectivity index (χ3n) is 5.87. The van der Waals surface area contributed by atoms with Crippen LogP contribution >= 0.6 is 0 Å². The Morgan fingerprint density at radius 2 is 1.63 bits per heavy atom. The standard InChI is InChI=1S/C19H20F3N5/c20-19(21,22)15-2-1-5-23-18(15)27-9-13-7-26(8-14(13)10-27)17-6-16(12-3-4-12)24-11-25-17/h1-2,5-6,11-14H,3-4,7-10H2. The average molecular weight is 375 g/mol. The fraction of sp³-hybridized carbons (Fsp3) is 0.526. The zero-order valence-corrected chi connectivity index (χ0v) is 14.7. The van der Waals surface area contributed by atoms with Crippen LogP contribution in [-0.2, 0) is 6.18 Å². The van der Waals surface area contributed by atoms with Crippen LogP contribution in [0.1, 0.15) is 30.0 Å². The zero-order valence-electron chi connectivity index (χ0n) is 14.7. The Morgan fingerprint density at radius 1 is 0.926 bits per heavy atom. The molecule has 1 saturated carbocycles. The second-order valence-corrected chi connectivity index (χ2v) is 7.78. The van der Waals surface area contributed by atoms with Crippen LogP contribution in [0.3, 0.4) is 0 Å². The maximum atomic E-state index is 13.3. The van der Waals surface area contributed by atoms with E-state index >= 15 is 0 Å². The van der Waals surface area contributed by atoms with Crippen LogP contribution in [-0.4, -0.2) is 41.1 Å². The molecule has 3 aliphatic rings. The Kier molecular flexibility index (Phi) is 3.77. The summed E-state index contributed by atoms with van der Waals surface area (Å²) in [4.78, 5) is 16.9. The summed E-state index contributed by atoms with van der Waals surface area (Å²) in [5.74, 6) is 2.24. The normalized spacial score (nSPS) is 25.1. The van der Waals surface area contributed by atoms with E-state index in [4.69, 9.17) is 0 Å². The highest BCUT2D eigenvalue weighted by molar-refractivity contribution is 5.51. The molecule has 0 spiro atoms. The van der Waals surface area contributed by atoms with Gasteiger partial charge in [0.2, 0.25) is 0 Å². The van der Waals surface area contributed by atoms with E-state index in [1.165, 1.54) is 25.1 Å². The molecule has 0 aromatic carbocycles. The number of anilines is 2. The fourth-order valence-electron chi connectivity index (χ4n) is 4.36. The first kappa shape index (κ1) is 16.8. The molecule has 8 heteroatoms. The number of rotatable bonds is 3. The van der Waals surface area contributed by atoms with Gasteiger partial charge in [-0.05, 0) is 25.0 Å². The first-order valence-corrected chi connectivity index (χ1v) is 9.33. The first-order chi connectivity index (χ1) is 13.0. The van der Waals surface area contributed by atoms with Crippen molar-refractivity contribution in [3.05, 3.63) is 42.0 Å². The number of fused-ring (bicyclic) bond motifs is 1. The van der Waals surface area contributed by atoms with Gasteiger partial charge in [-0.25, -0.2) is 15.0 Å². The number of alkyl halides is 3. The van der Waals surface area contributed by atoms with E-state index in [0.29, 0.717) is 30.8 Å². The molecule has 0 amide bonds. The predicted octanol–water partition coefficient (Wildman–Crippen LogP) is 3.34. The van der Waals surface area contributed by atoms with Crippen LogP contribution in [0.5, 0.6) is 0 Å². The average Bonchev–Trinajstić information content (AvgIpc) is 3.31. The summed E-state index contributed by atoms with van der Waals surface area (Å²) < 4.78 is 39.9. The van der Waals surface area contributed by atoms with Crippen molar-refractivity contribution in [1.82, 2.24) is 15.0 Å². The predicted molar refractivity (Wildman–Crippen MR) is 94.7 cm³/mol. The number of hydrogen-bond donors (Lipinski definition) is 0. The second-order valence-electron chi connectivity index (χ2n) is 7.78. The molecule has 1 aliphatic carbocycles. The van der Waals surface area contributed by atoms with Gasteiger partial charge in [-0.15, -0.1) is 0 Å². The second kappa shape index (κ2) is 6.07. The van der Waals surface area contributed by atoms with Crippen molar-refractivity contribution in [3.63, 3.8) is 0 Å². The van der Waals surface area contributed by atoms with Crippen LogP contribution in [0.2, 0.25) is 0 Å². The molecule has 2 aliphatic heterocycles. The van der Waals surface area contributed by atoms with Crippen LogP contribution in [0.15, 0.2) is 30.7 Å². The molecule has 2 atom stereocenters. The maximum absolute atomic E-state index is 13.3. The monoisotopic (exact) mass is 375 g/mol. The molecule has 0 radical (unpaired) electrons. The summed E-state index contributed by atoms with van der Waals surface area (Å²) in [5.41, 5.74) is 0.466. The third-order valence-corrected chi connectivity index (χ3v) is 5.87. The van der Waals surface area contributed by atoms with Crippen molar-refractivity contribution < 1.29 is 13.2 Å². The molecule has 0 N–H and O–H groups in total. The minimum Gasteiger partial charge on any atom is -0.356 e. The van der Waals surface area contributed by atoms with Crippen molar-refractivity contribution in [2.45, 2.75) is 24.9 Å². The third kappa shape index (κ3) is 3.11. The summed E-state index contributed by atoms with van der Waals surface area (Å²) >= 11 is 0. The lowest BCUT2D eigenvalue weighted by molar-refractivity contribution is -0.137. The number of halogens is 3. The molecule has 0 bridgehead atoms. The molecule has 5 nitrogen and oxygen atoms in total. The highest BCUT2D eigenvalue weighted by Gasteiger charge is 2.44. The lowest BCUT2D eigenvalue weighted by Crippen LogP contribution is -2.31. The molecule has 5 rings (SSSR count). The highest BCUT2D eigenvalue weighted by atomic mass is 19.4. The van der Waals surface area contributed by atoms with Gasteiger partial charge < -0.3 is 9.80 Å². The molecule has 3 fully saturated rings. The lowest BCUT2D eigenvalue weighted by Gasteiger charge is -2.25. The fourth-order valence-corrected chi connectivity index (χ4v) is 4.36. The van der Waals surface area contributed by atoms with Crippen molar-refractivity contribution in [2.24, 2.45) is 11.8 Å². The van der Waals surface area contributed by atoms with Gasteiger partial charge in [0.1, 0.15) is 18.0 Å². The topological polar surface area (TPSA) is 45.2 Å². The van der Waals surface area contributed by atoms with Crippen molar-refractivity contribution in [1.29, 1.82) is 0 Å². The Hall–Kier alpha value is -2.38. The summed E-state index contributed by atoms with van der Waals surface area (Å²) in [7, 11) is 0. The quantitative estimate of drug-likeness (QED) is 0.823. The van der Waals surface area contributed by atoms with E-state index in [2.05, 4.69) is 25.9 Å². The molecule has 4 heterocycles. The Morgan fingerprint density at radius 3 is 2.30 bits per heavy atom. The van der Waals surface area contributed by atoms with Crippen molar-refractivity contribution >= 4 is 11.6 Å². The van der Waals surface area contributed by atoms with Gasteiger partial charge in [0.25, 0.3) is 0 Å². The largest absolute Gasteiger partial charge is 0.419 e. The smallest absolute Gasteiger partial charge is 0.356 e. The molecular formula is C19H20F3N5. The van der Waals surface area contributed by atoms with Gasteiger partial charge in [-0.1, -0.05) is 0 Å². The summed E-state index contributed by atoms with van der Waals surface area (Å²) in [6.07, 6.45) is 1.08. The van der Waals surface area contributed by atoms with Gasteiger partial charge in [0.15, 0.2) is 0 Å². The van der Waals surface area contributed by atoms with Gasteiger partial charge in [-0.2, -0.15) is 13.2 Å². The lowest BCUT2D eigenvalue weighted by atomic mass is 10.0. The van der Waals surface area contributed by atoms with E-state index in [9.17, 15) is 13.2 Å². The number of hydrogen-bond acceptors (Lipinski definition) is 5. The first-order valence-electron chi connectivity index (χ1n) is 9.33. The summed E-state index contributed by atoms with van der Waals surface area (Å²) in [5, 5.41) is 0. The molecule has 2 unspecified atom stereocenters. The molecule has 27 heavy (non-hydrogen) atoms. The SMILES string of the molecule is FC(F)(F)c1cccnc1N1CC2CN(c3cc(C4CC4)ncn3)CC2C1. The summed E-state index contributed by atoms with van der Waals surface area (Å²) in [6.45, 7) is 2.83. The Balaban J connectivity index is 1.31. The number of aromatic nitrogens is 3. The van der Waals surface area contributed by atoms with E-state index in [1.807, 2.05) is 0 Å². The highest BCUT2D eigenvalue weighted by Crippen LogP contribution is 2.42. The van der Waals surface area contributed by atoms with E-state index in [1.54, 1.807) is 11.2 Å². The van der Waals surface area contributed by atoms with Gasteiger partial charge in [0, 0.05) is 61.9 Å². The minimum absolute atomic E-state index is 0.0593. The molecule has 2 aromatic rings. The van der Waals surface area contributed by atoms with Crippen LogP contribution in [0.25, 0.3) is 0 Å². The number of nitrogens with zero attached hydrogens (tertiary/aromatic N) is 5. The van der Waals surface area contributed by atoms with Crippen molar-refractivity contribution in [2.75, 3.05) is 36.0 Å². The zero-order chi connectivity index (χ0) is 18.6. The number of pyridine rings is 1.